The Kier molecular flexibility index (Phi) is 6.90. The molecule has 6 nitrogen and oxygen atoms in total. The van der Waals surface area contributed by atoms with Crippen molar-refractivity contribution in [3.05, 3.63) is 69.8 Å². The molecule has 1 aliphatic heterocycles. The van der Waals surface area contributed by atoms with Gasteiger partial charge in [-0.1, -0.05) is 50.0 Å². The molecule has 0 amide bonds. The van der Waals surface area contributed by atoms with Crippen molar-refractivity contribution in [3.63, 3.8) is 0 Å². The third kappa shape index (κ3) is 4.80. The molecule has 188 valence electrons. The van der Waals surface area contributed by atoms with Gasteiger partial charge < -0.3 is 10.2 Å². The summed E-state index contributed by atoms with van der Waals surface area (Å²) in [5, 5.41) is 13.0. The number of halogens is 3. The number of aromatic nitrogens is 4. The van der Waals surface area contributed by atoms with Crippen LogP contribution in [0, 0.1) is 11.2 Å². The lowest BCUT2D eigenvalue weighted by Gasteiger charge is -2.49. The Labute approximate surface area is 220 Å². The first-order valence-corrected chi connectivity index (χ1v) is 12.9. The molecule has 1 aromatic carbocycles. The SMILES string of the molecule is CCNCC1(C)CN(c2ncc(-c3n[nH]c4ccc(C[C@H](C)c5c(Cl)cncc5Cl)cc34)cc2F)C1. The van der Waals surface area contributed by atoms with Gasteiger partial charge in [0.2, 0.25) is 0 Å². The lowest BCUT2D eigenvalue weighted by atomic mass is 9.82. The molecule has 5 rings (SSSR count). The highest BCUT2D eigenvalue weighted by Crippen LogP contribution is 2.37. The highest BCUT2D eigenvalue weighted by atomic mass is 35.5. The van der Waals surface area contributed by atoms with Crippen LogP contribution in [0.5, 0.6) is 0 Å². The van der Waals surface area contributed by atoms with Gasteiger partial charge in [-0.2, -0.15) is 5.10 Å². The fraction of sp³-hybridized carbons (Fsp3) is 0.370. The molecule has 36 heavy (non-hydrogen) atoms. The number of pyridine rings is 2. The van der Waals surface area contributed by atoms with Crippen LogP contribution in [-0.4, -0.2) is 46.3 Å². The maximum absolute atomic E-state index is 15.1. The molecule has 2 N–H and O–H groups in total. The van der Waals surface area contributed by atoms with Crippen LogP contribution in [-0.2, 0) is 6.42 Å². The summed E-state index contributed by atoms with van der Waals surface area (Å²) in [6.45, 7) is 9.80. The first-order chi connectivity index (χ1) is 17.3. The second-order valence-electron chi connectivity index (χ2n) is 10.1. The fourth-order valence-corrected chi connectivity index (χ4v) is 5.85. The summed E-state index contributed by atoms with van der Waals surface area (Å²) in [4.78, 5) is 10.5. The number of rotatable bonds is 8. The van der Waals surface area contributed by atoms with Gasteiger partial charge in [0.05, 0.1) is 15.6 Å². The predicted molar refractivity (Wildman–Crippen MR) is 145 cm³/mol. The summed E-state index contributed by atoms with van der Waals surface area (Å²) in [5.41, 5.74) is 4.33. The highest BCUT2D eigenvalue weighted by Gasteiger charge is 2.40. The van der Waals surface area contributed by atoms with Gasteiger partial charge >= 0.3 is 0 Å². The van der Waals surface area contributed by atoms with Crippen LogP contribution in [0.15, 0.2) is 42.9 Å². The Morgan fingerprint density at radius 2 is 1.92 bits per heavy atom. The summed E-state index contributed by atoms with van der Waals surface area (Å²) >= 11 is 12.7. The van der Waals surface area contributed by atoms with Gasteiger partial charge in [0, 0.05) is 54.6 Å². The van der Waals surface area contributed by atoms with E-state index in [4.69, 9.17) is 23.2 Å². The van der Waals surface area contributed by atoms with Crippen molar-refractivity contribution in [2.45, 2.75) is 33.1 Å². The maximum Gasteiger partial charge on any atom is 0.166 e. The molecule has 1 saturated heterocycles. The molecular weight excluding hydrogens is 498 g/mol. The van der Waals surface area contributed by atoms with Crippen LogP contribution in [0.2, 0.25) is 10.0 Å². The lowest BCUT2D eigenvalue weighted by Crippen LogP contribution is -2.59. The summed E-state index contributed by atoms with van der Waals surface area (Å²) < 4.78 is 15.1. The molecular formula is C27H29Cl2FN6. The number of nitrogens with zero attached hydrogens (tertiary/aromatic N) is 4. The number of anilines is 1. The van der Waals surface area contributed by atoms with E-state index in [-0.39, 0.29) is 17.2 Å². The Bertz CT molecular complexity index is 1380. The molecule has 4 heterocycles. The third-order valence-corrected chi connectivity index (χ3v) is 7.50. The van der Waals surface area contributed by atoms with Gasteiger partial charge in [-0.15, -0.1) is 0 Å². The van der Waals surface area contributed by atoms with Crippen molar-refractivity contribution in [2.75, 3.05) is 31.1 Å². The van der Waals surface area contributed by atoms with E-state index in [1.165, 1.54) is 6.07 Å². The van der Waals surface area contributed by atoms with Crippen LogP contribution in [0.25, 0.3) is 22.2 Å². The van der Waals surface area contributed by atoms with Gasteiger partial charge in [0.25, 0.3) is 0 Å². The Hall–Kier alpha value is -2.74. The number of hydrogen-bond donors (Lipinski definition) is 2. The number of H-pyrrole nitrogens is 1. The fourth-order valence-electron chi connectivity index (χ4n) is 5.11. The zero-order chi connectivity index (χ0) is 25.4. The van der Waals surface area contributed by atoms with Crippen LogP contribution in [0.3, 0.4) is 0 Å². The standard InChI is InChI=1S/C27H29Cl2FN6/c1-4-31-13-27(3)14-36(15-27)26-22(30)9-18(10-33-26)25-19-8-17(5-6-23(19)34-35-25)7-16(2)24-20(28)11-32-12-21(24)29/h5-6,8-12,16,31H,4,7,13-15H2,1-3H3,(H,34,35)/t16-/m0/s1. The second-order valence-corrected chi connectivity index (χ2v) is 10.9. The number of benzene rings is 1. The molecule has 3 aromatic heterocycles. The molecule has 4 aromatic rings. The Morgan fingerprint density at radius 3 is 2.61 bits per heavy atom. The topological polar surface area (TPSA) is 69.7 Å². The molecule has 1 atom stereocenters. The van der Waals surface area contributed by atoms with Crippen LogP contribution in [0.4, 0.5) is 10.2 Å². The summed E-state index contributed by atoms with van der Waals surface area (Å²) in [6, 6.07) is 7.66. The molecule has 1 fully saturated rings. The maximum atomic E-state index is 15.1. The van der Waals surface area contributed by atoms with Gasteiger partial charge in [0.1, 0.15) is 5.69 Å². The lowest BCUT2D eigenvalue weighted by molar-refractivity contribution is 0.231. The minimum Gasteiger partial charge on any atom is -0.353 e. The van der Waals surface area contributed by atoms with E-state index in [0.717, 1.165) is 54.6 Å². The second kappa shape index (κ2) is 9.96. The van der Waals surface area contributed by atoms with Crippen molar-refractivity contribution < 1.29 is 4.39 Å². The first kappa shape index (κ1) is 24.9. The summed E-state index contributed by atoms with van der Waals surface area (Å²) in [6.07, 6.45) is 5.67. The van der Waals surface area contributed by atoms with Gasteiger partial charge in [-0.3, -0.25) is 10.1 Å². The average Bonchev–Trinajstić information content (AvgIpc) is 3.24. The Morgan fingerprint density at radius 1 is 1.17 bits per heavy atom. The summed E-state index contributed by atoms with van der Waals surface area (Å²) in [5.74, 6) is 0.156. The minimum absolute atomic E-state index is 0.0916. The average molecular weight is 527 g/mol. The normalized spacial score (nSPS) is 15.8. The van der Waals surface area contributed by atoms with Gasteiger partial charge in [-0.25, -0.2) is 9.37 Å². The van der Waals surface area contributed by atoms with Crippen LogP contribution < -0.4 is 10.2 Å². The van der Waals surface area contributed by atoms with E-state index < -0.39 is 0 Å². The number of nitrogens with one attached hydrogen (secondary N) is 2. The zero-order valence-electron chi connectivity index (χ0n) is 20.6. The third-order valence-electron chi connectivity index (χ3n) is 6.89. The smallest absolute Gasteiger partial charge is 0.166 e. The molecule has 0 spiro atoms. The van der Waals surface area contributed by atoms with Gasteiger partial charge in [0.15, 0.2) is 11.6 Å². The zero-order valence-corrected chi connectivity index (χ0v) is 22.1. The number of fused-ring (bicyclic) bond motifs is 1. The van der Waals surface area contributed by atoms with Gasteiger partial charge in [-0.05, 0) is 48.2 Å². The largest absolute Gasteiger partial charge is 0.353 e. The van der Waals surface area contributed by atoms with E-state index in [2.05, 4.69) is 58.4 Å². The number of aromatic amines is 1. The van der Waals surface area contributed by atoms with Crippen LogP contribution >= 0.6 is 23.2 Å². The monoisotopic (exact) mass is 526 g/mol. The van der Waals surface area contributed by atoms with E-state index in [9.17, 15) is 0 Å². The highest BCUT2D eigenvalue weighted by molar-refractivity contribution is 6.35. The van der Waals surface area contributed by atoms with E-state index in [1.807, 2.05) is 11.0 Å². The quantitative estimate of drug-likeness (QED) is 0.284. The van der Waals surface area contributed by atoms with Crippen molar-refractivity contribution in [1.82, 2.24) is 25.5 Å². The molecule has 0 saturated carbocycles. The van der Waals surface area contributed by atoms with Crippen LogP contribution in [0.1, 0.15) is 37.8 Å². The van der Waals surface area contributed by atoms with E-state index in [0.29, 0.717) is 27.1 Å². The minimum atomic E-state index is -0.333. The van der Waals surface area contributed by atoms with E-state index >= 15 is 4.39 Å². The molecule has 1 aliphatic rings. The summed E-state index contributed by atoms with van der Waals surface area (Å²) in [7, 11) is 0. The molecule has 9 heteroatoms. The molecule has 0 bridgehead atoms. The molecule has 0 unspecified atom stereocenters. The first-order valence-electron chi connectivity index (χ1n) is 12.2. The van der Waals surface area contributed by atoms with Crippen molar-refractivity contribution in [2.24, 2.45) is 5.41 Å². The van der Waals surface area contributed by atoms with E-state index in [1.54, 1.807) is 18.6 Å². The van der Waals surface area contributed by atoms with Crippen molar-refractivity contribution >= 4 is 39.9 Å². The predicted octanol–water partition coefficient (Wildman–Crippen LogP) is 6.25. The molecule has 0 radical (unpaired) electrons. The Balaban J connectivity index is 1.37. The number of hydrogen-bond acceptors (Lipinski definition) is 5. The van der Waals surface area contributed by atoms with Crippen molar-refractivity contribution in [1.29, 1.82) is 0 Å². The van der Waals surface area contributed by atoms with Crippen molar-refractivity contribution in [3.8, 4) is 11.3 Å². The molecule has 0 aliphatic carbocycles.